The Morgan fingerprint density at radius 2 is 1.61 bits per heavy atom. The summed E-state index contributed by atoms with van der Waals surface area (Å²) in [7, 11) is 0. The third-order valence-corrected chi connectivity index (χ3v) is 4.30. The van der Waals surface area contributed by atoms with Crippen LogP contribution >= 0.6 is 31.9 Å². The molecule has 5 N–H and O–H groups in total. The van der Waals surface area contributed by atoms with Gasteiger partial charge in [-0.3, -0.25) is 0 Å². The number of rotatable bonds is 6. The topological polar surface area (TPSA) is 157 Å². The Labute approximate surface area is 175 Å². The molecule has 0 spiro atoms. The van der Waals surface area contributed by atoms with Crippen LogP contribution < -0.4 is 15.2 Å². The van der Waals surface area contributed by atoms with Gasteiger partial charge in [0.2, 0.25) is 5.88 Å². The number of aliphatic hydroxyl groups excluding tert-OH is 1. The maximum absolute atomic E-state index is 10.1. The summed E-state index contributed by atoms with van der Waals surface area (Å²) < 4.78 is 11.4. The van der Waals surface area contributed by atoms with Crippen molar-refractivity contribution in [1.29, 1.82) is 0 Å². The first-order valence-electron chi connectivity index (χ1n) is 7.58. The van der Waals surface area contributed by atoms with E-state index in [0.717, 1.165) is 10.8 Å². The average Bonchev–Trinajstić information content (AvgIpc) is 2.64. The summed E-state index contributed by atoms with van der Waals surface area (Å²) in [6.07, 6.45) is 1.52. The largest absolute Gasteiger partial charge is 0.423 e. The Hall–Kier alpha value is -2.38. The molecule has 3 aromatic rings. The molecule has 146 valence electrons. The summed E-state index contributed by atoms with van der Waals surface area (Å²) in [6.45, 7) is 0. The lowest BCUT2D eigenvalue weighted by molar-refractivity contribution is -0.375. The van der Waals surface area contributed by atoms with E-state index in [1.165, 1.54) is 12.4 Å². The number of nitrogen functional groups attached to an aromatic ring is 1. The van der Waals surface area contributed by atoms with Gasteiger partial charge in [0.1, 0.15) is 12.1 Å². The molecule has 0 saturated heterocycles. The lowest BCUT2D eigenvalue weighted by Crippen LogP contribution is -2.51. The Bertz CT molecular complexity index is 957. The molecule has 0 bridgehead atoms. The maximum Gasteiger partial charge on any atom is 0.389 e. The van der Waals surface area contributed by atoms with E-state index >= 15 is 0 Å². The molecule has 1 aromatic carbocycles. The van der Waals surface area contributed by atoms with Crippen molar-refractivity contribution in [3.8, 4) is 23.0 Å². The number of aliphatic hydroxyl groups is 3. The Kier molecular flexibility index (Phi) is 6.05. The van der Waals surface area contributed by atoms with E-state index < -0.39 is 12.3 Å². The molecule has 10 nitrogen and oxygen atoms in total. The fraction of sp³-hybridized carbons (Fsp3) is 0.125. The number of halogens is 2. The van der Waals surface area contributed by atoms with Crippen LogP contribution in [0.2, 0.25) is 0 Å². The molecule has 12 heteroatoms. The first-order valence-corrected chi connectivity index (χ1v) is 9.17. The first-order chi connectivity index (χ1) is 13.3. The molecule has 0 aliphatic heterocycles. The minimum absolute atomic E-state index is 0.0368. The number of anilines is 1. The van der Waals surface area contributed by atoms with Gasteiger partial charge in [0.05, 0.1) is 10.0 Å². The Morgan fingerprint density at radius 1 is 0.964 bits per heavy atom. The third-order valence-electron chi connectivity index (χ3n) is 3.36. The second-order valence-electron chi connectivity index (χ2n) is 5.36. The number of benzene rings is 1. The summed E-state index contributed by atoms with van der Waals surface area (Å²) in [5, 5.41) is 30.3. The van der Waals surface area contributed by atoms with Gasteiger partial charge in [0, 0.05) is 16.9 Å². The van der Waals surface area contributed by atoms with Crippen LogP contribution in [0.25, 0.3) is 11.1 Å². The van der Waals surface area contributed by atoms with E-state index in [4.69, 9.17) is 15.2 Å². The fourth-order valence-electron chi connectivity index (χ4n) is 2.08. The zero-order valence-corrected chi connectivity index (χ0v) is 17.1. The highest BCUT2D eigenvalue weighted by molar-refractivity contribution is 9.10. The van der Waals surface area contributed by atoms with Gasteiger partial charge in [0.15, 0.2) is 0 Å². The van der Waals surface area contributed by atoms with Crippen molar-refractivity contribution in [3.05, 3.63) is 51.9 Å². The van der Waals surface area contributed by atoms with E-state index in [9.17, 15) is 15.3 Å². The molecule has 2 aromatic heterocycles. The third kappa shape index (κ3) is 4.72. The predicted octanol–water partition coefficient (Wildman–Crippen LogP) is 1.46. The van der Waals surface area contributed by atoms with E-state index in [1.54, 1.807) is 24.3 Å². The minimum Gasteiger partial charge on any atom is -0.423 e. The summed E-state index contributed by atoms with van der Waals surface area (Å²) in [6, 6.07) is 6.59. The van der Waals surface area contributed by atoms with Crippen molar-refractivity contribution < 1.29 is 24.8 Å². The Morgan fingerprint density at radius 3 is 2.25 bits per heavy atom. The zero-order valence-electron chi connectivity index (χ0n) is 13.9. The summed E-state index contributed by atoms with van der Waals surface area (Å²) in [4.78, 5) is 15.3. The van der Waals surface area contributed by atoms with Gasteiger partial charge in [-0.1, -0.05) is 28.1 Å². The minimum atomic E-state index is -3.19. The number of nitrogens with two attached hydrogens (primary N) is 1. The van der Waals surface area contributed by atoms with Crippen LogP contribution in [-0.2, 0) is 0 Å². The van der Waals surface area contributed by atoms with Crippen molar-refractivity contribution in [2.24, 2.45) is 0 Å². The van der Waals surface area contributed by atoms with Gasteiger partial charge >= 0.3 is 12.0 Å². The highest BCUT2D eigenvalue weighted by Gasteiger charge is 2.40. The molecule has 1 atom stereocenters. The molecule has 0 aliphatic carbocycles. The molecule has 0 saturated carbocycles. The lowest BCUT2D eigenvalue weighted by atomic mass is 10.1. The Balaban J connectivity index is 1.86. The van der Waals surface area contributed by atoms with Gasteiger partial charge in [-0.25, -0.2) is 19.9 Å². The standard InChI is InChI=1S/C16H13Br2N5O5/c17-9-3-1-8(2-4-9)11-12(19)22-7-23-13(11)28-16(25,26)14(24)27-15-20-5-10(18)6-21-15/h1-7,14,24-26H,(H2,19,22,23). The molecule has 0 aliphatic rings. The van der Waals surface area contributed by atoms with Crippen molar-refractivity contribution >= 4 is 37.7 Å². The van der Waals surface area contributed by atoms with Crippen molar-refractivity contribution in [3.63, 3.8) is 0 Å². The number of hydrogen-bond acceptors (Lipinski definition) is 10. The van der Waals surface area contributed by atoms with Crippen LogP contribution in [0.3, 0.4) is 0 Å². The second-order valence-corrected chi connectivity index (χ2v) is 7.19. The van der Waals surface area contributed by atoms with E-state index in [0.29, 0.717) is 10.0 Å². The van der Waals surface area contributed by atoms with Crippen molar-refractivity contribution in [2.75, 3.05) is 5.73 Å². The summed E-state index contributed by atoms with van der Waals surface area (Å²) >= 11 is 6.46. The predicted molar refractivity (Wildman–Crippen MR) is 104 cm³/mol. The highest BCUT2D eigenvalue weighted by atomic mass is 79.9. The van der Waals surface area contributed by atoms with Crippen LogP contribution in [-0.4, -0.2) is 47.5 Å². The SMILES string of the molecule is Nc1ncnc(OC(O)(O)C(O)Oc2ncc(Br)cn2)c1-c1ccc(Br)cc1. The molecular weight excluding hydrogens is 502 g/mol. The molecule has 0 fully saturated rings. The molecule has 0 radical (unpaired) electrons. The van der Waals surface area contributed by atoms with Gasteiger partial charge in [-0.15, -0.1) is 0 Å². The summed E-state index contributed by atoms with van der Waals surface area (Å²) in [5.41, 5.74) is 6.66. The van der Waals surface area contributed by atoms with Gasteiger partial charge in [0.25, 0.3) is 6.29 Å². The molecule has 3 rings (SSSR count). The summed E-state index contributed by atoms with van der Waals surface area (Å²) in [5.74, 6) is -3.43. The van der Waals surface area contributed by atoms with Crippen LogP contribution in [0.4, 0.5) is 5.82 Å². The molecule has 2 heterocycles. The molecule has 28 heavy (non-hydrogen) atoms. The van der Waals surface area contributed by atoms with Crippen LogP contribution in [0.15, 0.2) is 51.9 Å². The smallest absolute Gasteiger partial charge is 0.389 e. The van der Waals surface area contributed by atoms with Gasteiger partial charge in [-0.05, 0) is 33.6 Å². The van der Waals surface area contributed by atoms with E-state index in [-0.39, 0.29) is 23.3 Å². The normalized spacial score (nSPS) is 12.5. The molecule has 0 amide bonds. The fourth-order valence-corrected chi connectivity index (χ4v) is 2.55. The van der Waals surface area contributed by atoms with Gasteiger partial charge in [-0.2, -0.15) is 0 Å². The maximum atomic E-state index is 10.1. The van der Waals surface area contributed by atoms with Crippen molar-refractivity contribution in [2.45, 2.75) is 12.3 Å². The van der Waals surface area contributed by atoms with Crippen LogP contribution in [0, 0.1) is 0 Å². The average molecular weight is 515 g/mol. The molecule has 1 unspecified atom stereocenters. The number of hydrogen-bond donors (Lipinski definition) is 4. The van der Waals surface area contributed by atoms with Gasteiger partial charge < -0.3 is 30.5 Å². The monoisotopic (exact) mass is 513 g/mol. The first kappa shape index (κ1) is 20.4. The number of nitrogens with zero attached hydrogens (tertiary/aromatic N) is 4. The van der Waals surface area contributed by atoms with E-state index in [1.807, 2.05) is 0 Å². The number of ether oxygens (including phenoxy) is 2. The van der Waals surface area contributed by atoms with E-state index in [2.05, 4.69) is 51.8 Å². The quantitative estimate of drug-likeness (QED) is 0.355. The second kappa shape index (κ2) is 8.32. The molecular formula is C16H13Br2N5O5. The van der Waals surface area contributed by atoms with Crippen molar-refractivity contribution in [1.82, 2.24) is 19.9 Å². The zero-order chi connectivity index (χ0) is 20.3. The number of aromatic nitrogens is 4. The van der Waals surface area contributed by atoms with Crippen LogP contribution in [0.5, 0.6) is 11.9 Å². The highest BCUT2D eigenvalue weighted by Crippen LogP contribution is 2.34. The van der Waals surface area contributed by atoms with Crippen LogP contribution in [0.1, 0.15) is 0 Å². The lowest BCUT2D eigenvalue weighted by Gasteiger charge is -2.27.